The van der Waals surface area contributed by atoms with E-state index in [1.807, 2.05) is 6.07 Å². The molecular weight excluding hydrogens is 300 g/mol. The van der Waals surface area contributed by atoms with Gasteiger partial charge in [0.2, 0.25) is 0 Å². The van der Waals surface area contributed by atoms with Crippen LogP contribution in [0.5, 0.6) is 0 Å². The van der Waals surface area contributed by atoms with Crippen molar-refractivity contribution in [3.63, 3.8) is 0 Å². The van der Waals surface area contributed by atoms with Gasteiger partial charge in [0.25, 0.3) is 5.69 Å². The average molecular weight is 318 g/mol. The Morgan fingerprint density at radius 3 is 3.00 bits per heavy atom. The van der Waals surface area contributed by atoms with E-state index >= 15 is 0 Å². The van der Waals surface area contributed by atoms with Gasteiger partial charge in [-0.25, -0.2) is 0 Å². The Hall–Kier alpha value is -1.89. The predicted molar refractivity (Wildman–Crippen MR) is 85.0 cm³/mol. The molecule has 0 aliphatic carbocycles. The molecule has 2 heterocycles. The van der Waals surface area contributed by atoms with Gasteiger partial charge in [0.1, 0.15) is 5.82 Å². The van der Waals surface area contributed by atoms with E-state index in [4.69, 9.17) is 0 Å². The summed E-state index contributed by atoms with van der Waals surface area (Å²) < 4.78 is 2.20. The van der Waals surface area contributed by atoms with Crippen molar-refractivity contribution in [1.29, 1.82) is 0 Å². The number of rotatable bonds is 4. The molecule has 0 atom stereocenters. The number of benzene rings is 1. The summed E-state index contributed by atoms with van der Waals surface area (Å²) in [6.07, 6.45) is 4.56. The molecular formula is C15H18N4O2S. The molecule has 6 nitrogen and oxygen atoms in total. The molecule has 1 aromatic carbocycles. The van der Waals surface area contributed by atoms with Crippen LogP contribution in [0.3, 0.4) is 0 Å². The van der Waals surface area contributed by atoms with Gasteiger partial charge in [-0.05, 0) is 25.3 Å². The van der Waals surface area contributed by atoms with Crippen molar-refractivity contribution in [2.45, 2.75) is 50.1 Å². The Labute approximate surface area is 133 Å². The molecule has 0 N–H and O–H groups in total. The van der Waals surface area contributed by atoms with Crippen LogP contribution in [-0.2, 0) is 18.7 Å². The third-order valence-electron chi connectivity index (χ3n) is 4.05. The Morgan fingerprint density at radius 2 is 2.18 bits per heavy atom. The maximum atomic E-state index is 11.0. The smallest absolute Gasteiger partial charge is 0.272 e. The van der Waals surface area contributed by atoms with Crippen molar-refractivity contribution in [3.8, 4) is 0 Å². The summed E-state index contributed by atoms with van der Waals surface area (Å²) in [6.45, 7) is 2.77. The van der Waals surface area contributed by atoms with E-state index in [0.29, 0.717) is 5.75 Å². The Morgan fingerprint density at radius 1 is 1.32 bits per heavy atom. The highest BCUT2D eigenvalue weighted by molar-refractivity contribution is 7.98. The number of hydrogen-bond acceptors (Lipinski definition) is 5. The fraction of sp³-hybridized carbons (Fsp3) is 0.467. The van der Waals surface area contributed by atoms with Crippen LogP contribution in [0, 0.1) is 17.0 Å². The SMILES string of the molecule is Cc1c(CSc2nnc3n2CCCCC3)cccc1[N+](=O)[O-]. The number of nitro groups is 1. The van der Waals surface area contributed by atoms with Gasteiger partial charge in [-0.2, -0.15) is 0 Å². The van der Waals surface area contributed by atoms with E-state index in [2.05, 4.69) is 14.8 Å². The van der Waals surface area contributed by atoms with E-state index in [0.717, 1.165) is 41.5 Å². The van der Waals surface area contributed by atoms with Crippen molar-refractivity contribution in [2.75, 3.05) is 0 Å². The van der Waals surface area contributed by atoms with Gasteiger partial charge in [-0.1, -0.05) is 30.3 Å². The Balaban J connectivity index is 1.77. The van der Waals surface area contributed by atoms with Crippen LogP contribution in [0.15, 0.2) is 23.4 Å². The maximum absolute atomic E-state index is 11.0. The number of hydrogen-bond donors (Lipinski definition) is 0. The van der Waals surface area contributed by atoms with E-state index in [1.54, 1.807) is 30.8 Å². The van der Waals surface area contributed by atoms with Crippen LogP contribution in [0.25, 0.3) is 0 Å². The molecule has 1 aliphatic heterocycles. The first-order valence-corrected chi connectivity index (χ1v) is 8.43. The van der Waals surface area contributed by atoms with E-state index < -0.39 is 0 Å². The molecule has 1 aliphatic rings. The summed E-state index contributed by atoms with van der Waals surface area (Å²) in [4.78, 5) is 10.7. The summed E-state index contributed by atoms with van der Waals surface area (Å²) in [7, 11) is 0. The minimum Gasteiger partial charge on any atom is -0.306 e. The van der Waals surface area contributed by atoms with Crippen LogP contribution in [0.1, 0.15) is 36.2 Å². The number of thioether (sulfide) groups is 1. The number of aryl methyl sites for hydroxylation is 1. The molecule has 0 amide bonds. The minimum absolute atomic E-state index is 0.179. The average Bonchev–Trinajstić information content (AvgIpc) is 2.73. The molecule has 1 aromatic heterocycles. The monoisotopic (exact) mass is 318 g/mol. The number of aromatic nitrogens is 3. The number of fused-ring (bicyclic) bond motifs is 1. The fourth-order valence-electron chi connectivity index (χ4n) is 2.73. The summed E-state index contributed by atoms with van der Waals surface area (Å²) in [5.41, 5.74) is 1.89. The standard InChI is InChI=1S/C15H18N4O2S/c1-11-12(6-5-7-13(11)19(20)21)10-22-15-17-16-14-8-3-2-4-9-18(14)15/h5-7H,2-4,8-10H2,1H3. The summed E-state index contributed by atoms with van der Waals surface area (Å²) in [6, 6.07) is 5.23. The predicted octanol–water partition coefficient (Wildman–Crippen LogP) is 3.51. The Kier molecular flexibility index (Phi) is 4.42. The van der Waals surface area contributed by atoms with Crippen molar-refractivity contribution in [1.82, 2.24) is 14.8 Å². The summed E-state index contributed by atoms with van der Waals surface area (Å²) in [5.74, 6) is 1.74. The molecule has 2 aromatic rings. The van der Waals surface area contributed by atoms with Gasteiger partial charge in [-0.15, -0.1) is 10.2 Å². The second-order valence-electron chi connectivity index (χ2n) is 5.47. The fourth-order valence-corrected chi connectivity index (χ4v) is 3.78. The van der Waals surface area contributed by atoms with Crippen molar-refractivity contribution < 1.29 is 4.92 Å². The molecule has 0 radical (unpaired) electrons. The first-order chi connectivity index (χ1) is 10.7. The molecule has 0 saturated carbocycles. The van der Waals surface area contributed by atoms with Crippen molar-refractivity contribution >= 4 is 17.4 Å². The zero-order valence-electron chi connectivity index (χ0n) is 12.5. The zero-order chi connectivity index (χ0) is 15.5. The zero-order valence-corrected chi connectivity index (χ0v) is 13.3. The first-order valence-electron chi connectivity index (χ1n) is 7.44. The second kappa shape index (κ2) is 6.48. The molecule has 116 valence electrons. The summed E-state index contributed by atoms with van der Waals surface area (Å²) in [5, 5.41) is 20.5. The lowest BCUT2D eigenvalue weighted by Gasteiger charge is -2.08. The van der Waals surface area contributed by atoms with Gasteiger partial charge in [0.05, 0.1) is 4.92 Å². The Bertz CT molecular complexity index is 699. The normalized spacial score (nSPS) is 14.4. The van der Waals surface area contributed by atoms with Crippen LogP contribution >= 0.6 is 11.8 Å². The highest BCUT2D eigenvalue weighted by Gasteiger charge is 2.17. The van der Waals surface area contributed by atoms with E-state index in [1.165, 1.54) is 12.8 Å². The lowest BCUT2D eigenvalue weighted by Crippen LogP contribution is -2.02. The summed E-state index contributed by atoms with van der Waals surface area (Å²) >= 11 is 1.61. The lowest BCUT2D eigenvalue weighted by molar-refractivity contribution is -0.385. The van der Waals surface area contributed by atoms with Crippen molar-refractivity contribution in [3.05, 3.63) is 45.3 Å². The van der Waals surface area contributed by atoms with Crippen LogP contribution in [0.2, 0.25) is 0 Å². The van der Waals surface area contributed by atoms with Crippen LogP contribution in [0.4, 0.5) is 5.69 Å². The van der Waals surface area contributed by atoms with E-state index in [9.17, 15) is 10.1 Å². The van der Waals surface area contributed by atoms with Gasteiger partial charge in [0.15, 0.2) is 5.16 Å². The topological polar surface area (TPSA) is 73.8 Å². The molecule has 0 bridgehead atoms. The maximum Gasteiger partial charge on any atom is 0.272 e. The van der Waals surface area contributed by atoms with E-state index in [-0.39, 0.29) is 10.6 Å². The van der Waals surface area contributed by atoms with Gasteiger partial charge in [-0.3, -0.25) is 10.1 Å². The minimum atomic E-state index is -0.327. The highest BCUT2D eigenvalue weighted by Crippen LogP contribution is 2.28. The molecule has 0 unspecified atom stereocenters. The molecule has 7 heteroatoms. The largest absolute Gasteiger partial charge is 0.306 e. The molecule has 3 rings (SSSR count). The molecule has 0 fully saturated rings. The third-order valence-corrected chi connectivity index (χ3v) is 5.06. The van der Waals surface area contributed by atoms with Crippen molar-refractivity contribution in [2.24, 2.45) is 0 Å². The number of nitro benzene ring substituents is 1. The van der Waals surface area contributed by atoms with Crippen LogP contribution < -0.4 is 0 Å². The third kappa shape index (κ3) is 2.99. The van der Waals surface area contributed by atoms with Gasteiger partial charge >= 0.3 is 0 Å². The second-order valence-corrected chi connectivity index (χ2v) is 6.41. The molecule has 0 spiro atoms. The molecule has 22 heavy (non-hydrogen) atoms. The van der Waals surface area contributed by atoms with Gasteiger partial charge < -0.3 is 4.57 Å². The highest BCUT2D eigenvalue weighted by atomic mass is 32.2. The van der Waals surface area contributed by atoms with Crippen LogP contribution in [-0.4, -0.2) is 19.7 Å². The quantitative estimate of drug-likeness (QED) is 0.490. The van der Waals surface area contributed by atoms with Gasteiger partial charge in [0, 0.05) is 30.3 Å². The molecule has 0 saturated heterocycles. The lowest BCUT2D eigenvalue weighted by atomic mass is 10.1. The number of nitrogens with zero attached hydrogens (tertiary/aromatic N) is 4. The first kappa shape index (κ1) is 15.0.